The van der Waals surface area contributed by atoms with Crippen molar-refractivity contribution in [3.63, 3.8) is 0 Å². The van der Waals surface area contributed by atoms with E-state index in [2.05, 4.69) is 17.0 Å². The number of hydrogen-bond donors (Lipinski definition) is 0. The summed E-state index contributed by atoms with van der Waals surface area (Å²) in [4.78, 5) is 30.6. The molecule has 1 fully saturated rings. The molecule has 6 heteroatoms. The lowest BCUT2D eigenvalue weighted by molar-refractivity contribution is -0.128. The van der Waals surface area contributed by atoms with Crippen molar-refractivity contribution in [2.45, 2.75) is 6.54 Å². The van der Waals surface area contributed by atoms with E-state index < -0.39 is 11.7 Å². The molecule has 1 aliphatic rings. The van der Waals surface area contributed by atoms with Gasteiger partial charge in [-0.05, 0) is 41.5 Å². The smallest absolute Gasteiger partial charge is 0.296 e. The number of Topliss-reactive ketones (excluding diaryl/α,β-unsaturated/α-hetero) is 1. The fourth-order valence-corrected chi connectivity index (χ4v) is 4.40. The van der Waals surface area contributed by atoms with E-state index >= 15 is 0 Å². The molecule has 2 aromatic carbocycles. The normalized spacial score (nSPS) is 14.5. The molecule has 0 aliphatic carbocycles. The van der Waals surface area contributed by atoms with Gasteiger partial charge >= 0.3 is 0 Å². The van der Waals surface area contributed by atoms with Crippen molar-refractivity contribution in [1.29, 1.82) is 0 Å². The zero-order valence-corrected chi connectivity index (χ0v) is 18.2. The lowest BCUT2D eigenvalue weighted by Crippen LogP contribution is -2.50. The highest BCUT2D eigenvalue weighted by Crippen LogP contribution is 2.29. The Labute approximate surface area is 191 Å². The molecule has 33 heavy (non-hydrogen) atoms. The summed E-state index contributed by atoms with van der Waals surface area (Å²) >= 11 is 0. The van der Waals surface area contributed by atoms with Gasteiger partial charge in [0.15, 0.2) is 0 Å². The van der Waals surface area contributed by atoms with E-state index in [1.807, 2.05) is 42.5 Å². The van der Waals surface area contributed by atoms with Crippen LogP contribution in [-0.4, -0.2) is 52.1 Å². The van der Waals surface area contributed by atoms with Gasteiger partial charge in [0.2, 0.25) is 0 Å². The Bertz CT molecular complexity index is 1290. The van der Waals surface area contributed by atoms with Gasteiger partial charge in [0, 0.05) is 50.0 Å². The minimum atomic E-state index is -0.544. The maximum Gasteiger partial charge on any atom is 0.296 e. The van der Waals surface area contributed by atoms with Gasteiger partial charge in [0.25, 0.3) is 11.7 Å². The number of amides is 1. The average molecular weight is 442 g/mol. The van der Waals surface area contributed by atoms with Gasteiger partial charge in [0.05, 0.1) is 0 Å². The van der Waals surface area contributed by atoms with Crippen LogP contribution in [-0.2, 0) is 11.3 Å². The van der Waals surface area contributed by atoms with Crippen LogP contribution in [0.1, 0.15) is 16.1 Å². The topological polar surface area (TPSA) is 45.0 Å². The molecule has 3 heterocycles. The fourth-order valence-electron chi connectivity index (χ4n) is 4.40. The highest BCUT2D eigenvalue weighted by atomic mass is 19.1. The number of ketones is 1. The van der Waals surface area contributed by atoms with Crippen LogP contribution in [0.3, 0.4) is 0 Å². The lowest BCUT2D eigenvalue weighted by Gasteiger charge is -2.34. The number of fused-ring (bicyclic) bond motifs is 1. The maximum atomic E-state index is 13.5. The van der Waals surface area contributed by atoms with Crippen LogP contribution in [0.2, 0.25) is 0 Å². The van der Waals surface area contributed by atoms with Crippen molar-refractivity contribution in [2.24, 2.45) is 0 Å². The van der Waals surface area contributed by atoms with Crippen LogP contribution in [0, 0.1) is 5.82 Å². The first-order valence-corrected chi connectivity index (χ1v) is 11.1. The van der Waals surface area contributed by atoms with Crippen molar-refractivity contribution >= 4 is 17.2 Å². The molecular weight excluding hydrogens is 417 g/mol. The van der Waals surface area contributed by atoms with Crippen LogP contribution >= 0.6 is 0 Å². The van der Waals surface area contributed by atoms with Gasteiger partial charge in [-0.2, -0.15) is 0 Å². The molecule has 2 aromatic heterocycles. The number of carbonyl (C=O) groups excluding carboxylic acids is 2. The maximum absolute atomic E-state index is 13.5. The summed E-state index contributed by atoms with van der Waals surface area (Å²) in [6.07, 6.45) is 1.78. The Kier molecular flexibility index (Phi) is 5.75. The SMILES string of the molecule is O=C(C(=O)N1CCN(Cc2ccccc2)CC1)c1c(-c2ccc(F)cc2)cc2ccccn12. The molecule has 5 nitrogen and oxygen atoms in total. The monoisotopic (exact) mass is 441 g/mol. The molecule has 1 amide bonds. The molecule has 4 aromatic rings. The first-order chi connectivity index (χ1) is 16.1. The number of pyridine rings is 1. The van der Waals surface area contributed by atoms with Crippen molar-refractivity contribution in [1.82, 2.24) is 14.2 Å². The molecule has 0 saturated carbocycles. The van der Waals surface area contributed by atoms with Gasteiger partial charge in [-0.3, -0.25) is 14.5 Å². The standard InChI is InChI=1S/C27H24FN3O2/c28-22-11-9-21(10-12-22)24-18-23-8-4-5-13-31(23)25(24)26(32)27(33)30-16-14-29(15-17-30)19-20-6-2-1-3-7-20/h1-13,18H,14-17,19H2. The highest BCUT2D eigenvalue weighted by Gasteiger charge is 2.30. The Balaban J connectivity index is 1.37. The molecule has 166 valence electrons. The summed E-state index contributed by atoms with van der Waals surface area (Å²) in [6.45, 7) is 3.27. The van der Waals surface area contributed by atoms with Gasteiger partial charge in [-0.15, -0.1) is 0 Å². The molecular formula is C27H24FN3O2. The molecule has 0 spiro atoms. The van der Waals surface area contributed by atoms with E-state index in [0.29, 0.717) is 43.0 Å². The van der Waals surface area contributed by atoms with E-state index in [1.54, 1.807) is 27.6 Å². The predicted octanol–water partition coefficient (Wildman–Crippen LogP) is 4.27. The van der Waals surface area contributed by atoms with E-state index in [9.17, 15) is 14.0 Å². The molecule has 1 aliphatic heterocycles. The summed E-state index contributed by atoms with van der Waals surface area (Å²) in [7, 11) is 0. The summed E-state index contributed by atoms with van der Waals surface area (Å²) < 4.78 is 15.2. The number of benzene rings is 2. The second-order valence-electron chi connectivity index (χ2n) is 8.29. The van der Waals surface area contributed by atoms with Crippen molar-refractivity contribution in [2.75, 3.05) is 26.2 Å². The largest absolute Gasteiger partial charge is 0.333 e. The van der Waals surface area contributed by atoms with Crippen LogP contribution in [0.4, 0.5) is 4.39 Å². The number of hydrogen-bond acceptors (Lipinski definition) is 3. The molecule has 1 saturated heterocycles. The Morgan fingerprint density at radius 1 is 0.818 bits per heavy atom. The third kappa shape index (κ3) is 4.30. The third-order valence-electron chi connectivity index (χ3n) is 6.15. The molecule has 0 atom stereocenters. The first-order valence-electron chi connectivity index (χ1n) is 11.1. The van der Waals surface area contributed by atoms with E-state index in [0.717, 1.165) is 12.1 Å². The van der Waals surface area contributed by atoms with Gasteiger partial charge in [-0.1, -0.05) is 48.5 Å². The zero-order valence-electron chi connectivity index (χ0n) is 18.2. The van der Waals surface area contributed by atoms with Gasteiger partial charge in [0.1, 0.15) is 11.5 Å². The summed E-state index contributed by atoms with van der Waals surface area (Å²) in [6, 6.07) is 23.7. The van der Waals surface area contributed by atoms with E-state index in [-0.39, 0.29) is 5.82 Å². The predicted molar refractivity (Wildman–Crippen MR) is 125 cm³/mol. The summed E-state index contributed by atoms with van der Waals surface area (Å²) in [5.74, 6) is -1.39. The average Bonchev–Trinajstić information content (AvgIpc) is 3.24. The summed E-state index contributed by atoms with van der Waals surface area (Å²) in [5.41, 5.74) is 3.68. The molecule has 0 bridgehead atoms. The minimum absolute atomic E-state index is 0.314. The summed E-state index contributed by atoms with van der Waals surface area (Å²) in [5, 5.41) is 0. The molecule has 0 N–H and O–H groups in total. The Morgan fingerprint density at radius 2 is 1.52 bits per heavy atom. The van der Waals surface area contributed by atoms with Gasteiger partial charge < -0.3 is 9.30 Å². The van der Waals surface area contributed by atoms with Crippen molar-refractivity contribution < 1.29 is 14.0 Å². The number of piperazine rings is 1. The Morgan fingerprint density at radius 3 is 2.24 bits per heavy atom. The molecule has 0 unspecified atom stereocenters. The number of halogens is 1. The van der Waals surface area contributed by atoms with E-state index in [4.69, 9.17) is 0 Å². The first kappa shape index (κ1) is 21.1. The third-order valence-corrected chi connectivity index (χ3v) is 6.15. The van der Waals surface area contributed by atoms with Crippen LogP contribution in [0.5, 0.6) is 0 Å². The number of carbonyl (C=O) groups is 2. The highest BCUT2D eigenvalue weighted by molar-refractivity contribution is 6.43. The fraction of sp³-hybridized carbons (Fsp3) is 0.185. The zero-order chi connectivity index (χ0) is 22.8. The van der Waals surface area contributed by atoms with Crippen LogP contribution in [0.25, 0.3) is 16.6 Å². The second kappa shape index (κ2) is 9.00. The minimum Gasteiger partial charge on any atom is -0.333 e. The van der Waals surface area contributed by atoms with Gasteiger partial charge in [-0.25, -0.2) is 4.39 Å². The van der Waals surface area contributed by atoms with Crippen molar-refractivity contribution in [3.8, 4) is 11.1 Å². The van der Waals surface area contributed by atoms with E-state index in [1.165, 1.54) is 17.7 Å². The quantitative estimate of drug-likeness (QED) is 0.343. The van der Waals surface area contributed by atoms with Crippen LogP contribution < -0.4 is 0 Å². The number of nitrogens with zero attached hydrogens (tertiary/aromatic N) is 3. The Hall–Kier alpha value is -3.77. The second-order valence-corrected chi connectivity index (χ2v) is 8.29. The lowest BCUT2D eigenvalue weighted by atomic mass is 10.0. The molecule has 0 radical (unpaired) electrons. The van der Waals surface area contributed by atoms with Crippen molar-refractivity contribution in [3.05, 3.63) is 102 Å². The number of aromatic nitrogens is 1. The van der Waals surface area contributed by atoms with Crippen LogP contribution in [0.15, 0.2) is 85.1 Å². The number of rotatable bonds is 5. The molecule has 5 rings (SSSR count).